The van der Waals surface area contributed by atoms with E-state index in [1.165, 1.54) is 41.6 Å². The van der Waals surface area contributed by atoms with Crippen LogP contribution >= 0.6 is 0 Å². The summed E-state index contributed by atoms with van der Waals surface area (Å²) in [6.07, 6.45) is -0.884. The molecular formula is C34H34F4N4O3S. The number of piperidine rings is 1. The molecule has 0 N–H and O–H groups in total. The van der Waals surface area contributed by atoms with E-state index in [1.807, 2.05) is 0 Å². The van der Waals surface area contributed by atoms with Crippen molar-refractivity contribution in [3.05, 3.63) is 113 Å². The van der Waals surface area contributed by atoms with Gasteiger partial charge in [-0.05, 0) is 79.9 Å². The zero-order chi connectivity index (χ0) is 32.7. The first-order valence-corrected chi connectivity index (χ1v) is 17.0. The third kappa shape index (κ3) is 6.20. The van der Waals surface area contributed by atoms with Crippen LogP contribution in [0.1, 0.15) is 52.4 Å². The molecule has 12 heteroatoms. The molecule has 1 amide bonds. The second-order valence-electron chi connectivity index (χ2n) is 12.2. The fourth-order valence-electron chi connectivity index (χ4n) is 6.71. The van der Waals surface area contributed by atoms with Crippen LogP contribution in [-0.4, -0.2) is 72.5 Å². The van der Waals surface area contributed by atoms with Gasteiger partial charge < -0.3 is 4.90 Å². The fourth-order valence-corrected chi connectivity index (χ4v) is 7.34. The maximum absolute atomic E-state index is 14.6. The summed E-state index contributed by atoms with van der Waals surface area (Å²) in [6.45, 7) is 1.43. The van der Waals surface area contributed by atoms with Crippen LogP contribution in [0.2, 0.25) is 0 Å². The smallest absolute Gasteiger partial charge is 0.337 e. The summed E-state index contributed by atoms with van der Waals surface area (Å²) in [4.78, 5) is 17.8. The van der Waals surface area contributed by atoms with Crippen molar-refractivity contribution in [3.8, 4) is 5.69 Å². The maximum Gasteiger partial charge on any atom is 0.400 e. The molecule has 2 saturated heterocycles. The zero-order valence-corrected chi connectivity index (χ0v) is 26.1. The van der Waals surface area contributed by atoms with Crippen LogP contribution in [0.5, 0.6) is 0 Å². The average Bonchev–Trinajstić information content (AvgIpc) is 3.69. The largest absolute Gasteiger partial charge is 0.400 e. The Balaban J connectivity index is 1.26. The van der Waals surface area contributed by atoms with Gasteiger partial charge in [-0.3, -0.25) is 9.69 Å². The van der Waals surface area contributed by atoms with Crippen molar-refractivity contribution in [3.63, 3.8) is 0 Å². The molecule has 2 aliphatic rings. The van der Waals surface area contributed by atoms with Gasteiger partial charge in [-0.2, -0.15) is 18.3 Å². The van der Waals surface area contributed by atoms with Gasteiger partial charge in [0.05, 0.1) is 28.0 Å². The summed E-state index contributed by atoms with van der Waals surface area (Å²) in [5.41, 5.74) is 0.362. The van der Waals surface area contributed by atoms with Crippen molar-refractivity contribution >= 4 is 15.7 Å². The number of carbonyl (C=O) groups is 1. The predicted octanol–water partition coefficient (Wildman–Crippen LogP) is 6.14. The highest BCUT2D eigenvalue weighted by Gasteiger charge is 2.59. The molecule has 0 radical (unpaired) electrons. The van der Waals surface area contributed by atoms with Gasteiger partial charge in [-0.25, -0.2) is 17.5 Å². The maximum atomic E-state index is 14.6. The van der Waals surface area contributed by atoms with E-state index < -0.39 is 39.7 Å². The number of hydrogen-bond acceptors (Lipinski definition) is 5. The number of rotatable bonds is 7. The molecule has 242 valence electrons. The summed E-state index contributed by atoms with van der Waals surface area (Å²) >= 11 is 0. The van der Waals surface area contributed by atoms with Gasteiger partial charge in [-0.15, -0.1) is 0 Å². The number of likely N-dealkylation sites (tertiary alicyclic amines) is 2. The standard InChI is InChI=1S/C34H34F4N4O3S/c1-46(44,45)29-13-7-24(8-14-29)22-40-18-15-25(16-19-40)31-30(21-39-42(31)28-11-9-27(35)10-12-28)32(43)41-20-17-33(23-41,34(36,37)38)26-5-3-2-4-6-26/h2-14,21,25H,15-20,22-23H2,1H3/t33-/m0/s1. The van der Waals surface area contributed by atoms with Crippen LogP contribution in [0.4, 0.5) is 17.6 Å². The molecule has 0 unspecified atom stereocenters. The summed E-state index contributed by atoms with van der Waals surface area (Å²) in [5, 5.41) is 4.50. The lowest BCUT2D eigenvalue weighted by Crippen LogP contribution is -2.45. The molecule has 3 heterocycles. The quantitative estimate of drug-likeness (QED) is 0.224. The van der Waals surface area contributed by atoms with Gasteiger partial charge in [0.15, 0.2) is 9.84 Å². The number of amides is 1. The normalized spacial score (nSPS) is 19.9. The van der Waals surface area contributed by atoms with Crippen molar-refractivity contribution < 1.29 is 30.8 Å². The van der Waals surface area contributed by atoms with Crippen molar-refractivity contribution in [2.45, 2.75) is 48.2 Å². The Bertz CT molecular complexity index is 1800. The lowest BCUT2D eigenvalue weighted by Gasteiger charge is -2.33. The third-order valence-corrected chi connectivity index (χ3v) is 10.4. The van der Waals surface area contributed by atoms with Crippen LogP contribution in [0.25, 0.3) is 5.69 Å². The highest BCUT2D eigenvalue weighted by Crippen LogP contribution is 2.48. The molecule has 1 atom stereocenters. The first kappa shape index (κ1) is 31.9. The first-order chi connectivity index (χ1) is 21.9. The molecule has 0 bridgehead atoms. The third-order valence-electron chi connectivity index (χ3n) is 9.27. The van der Waals surface area contributed by atoms with Crippen LogP contribution in [-0.2, 0) is 21.8 Å². The average molecular weight is 655 g/mol. The van der Waals surface area contributed by atoms with Crippen molar-refractivity contribution in [1.82, 2.24) is 19.6 Å². The van der Waals surface area contributed by atoms with E-state index in [2.05, 4.69) is 10.00 Å². The van der Waals surface area contributed by atoms with Crippen LogP contribution < -0.4 is 0 Å². The Hall–Kier alpha value is -4.03. The molecule has 46 heavy (non-hydrogen) atoms. The molecule has 1 aromatic heterocycles. The molecule has 4 aromatic rings. The number of sulfone groups is 1. The number of benzene rings is 3. The summed E-state index contributed by atoms with van der Waals surface area (Å²) in [6, 6.07) is 20.3. The highest BCUT2D eigenvalue weighted by molar-refractivity contribution is 7.90. The van der Waals surface area contributed by atoms with Gasteiger partial charge >= 0.3 is 6.18 Å². The number of hydrogen-bond donors (Lipinski definition) is 0. The zero-order valence-electron chi connectivity index (χ0n) is 25.3. The molecule has 7 nitrogen and oxygen atoms in total. The predicted molar refractivity (Wildman–Crippen MR) is 165 cm³/mol. The van der Waals surface area contributed by atoms with Gasteiger partial charge in [-0.1, -0.05) is 42.5 Å². The lowest BCUT2D eigenvalue weighted by atomic mass is 9.79. The molecule has 0 aliphatic carbocycles. The van der Waals surface area contributed by atoms with E-state index >= 15 is 0 Å². The van der Waals surface area contributed by atoms with Crippen LogP contribution in [0, 0.1) is 5.82 Å². The molecular weight excluding hydrogens is 620 g/mol. The Kier molecular flexibility index (Phi) is 8.53. The van der Waals surface area contributed by atoms with Gasteiger partial charge in [0.1, 0.15) is 11.2 Å². The fraction of sp³-hybridized carbons (Fsp3) is 0.353. The second-order valence-corrected chi connectivity index (χ2v) is 14.2. The minimum atomic E-state index is -4.55. The van der Waals surface area contributed by atoms with E-state index in [9.17, 15) is 30.8 Å². The summed E-state index contributed by atoms with van der Waals surface area (Å²) < 4.78 is 82.9. The minimum absolute atomic E-state index is 0.0506. The number of carbonyl (C=O) groups excluding carboxylic acids is 1. The van der Waals surface area contributed by atoms with Gasteiger partial charge in [0.25, 0.3) is 5.91 Å². The molecule has 3 aromatic carbocycles. The minimum Gasteiger partial charge on any atom is -0.337 e. The van der Waals surface area contributed by atoms with Crippen molar-refractivity contribution in [2.75, 3.05) is 32.4 Å². The molecule has 0 saturated carbocycles. The SMILES string of the molecule is CS(=O)(=O)c1ccc(CN2CCC(c3c(C(=O)N4CC[C@](c5ccccc5)(C(F)(F)F)C4)cnn3-c3ccc(F)cc3)CC2)cc1. The number of nitrogens with zero attached hydrogens (tertiary/aromatic N) is 4. The number of aromatic nitrogens is 2. The van der Waals surface area contributed by atoms with Crippen LogP contribution in [0.15, 0.2) is 90.0 Å². The Morgan fingerprint density at radius 3 is 2.20 bits per heavy atom. The van der Waals surface area contributed by atoms with Crippen LogP contribution in [0.3, 0.4) is 0 Å². The van der Waals surface area contributed by atoms with Crippen molar-refractivity contribution in [2.24, 2.45) is 0 Å². The Morgan fingerprint density at radius 2 is 1.59 bits per heavy atom. The van der Waals surface area contributed by atoms with Crippen molar-refractivity contribution in [1.29, 1.82) is 0 Å². The van der Waals surface area contributed by atoms with Gasteiger partial charge in [0, 0.05) is 31.8 Å². The molecule has 0 spiro atoms. The molecule has 2 fully saturated rings. The second kappa shape index (κ2) is 12.3. The van der Waals surface area contributed by atoms with E-state index in [-0.39, 0.29) is 34.9 Å². The Morgan fingerprint density at radius 1 is 0.935 bits per heavy atom. The molecule has 6 rings (SSSR count). The van der Waals surface area contributed by atoms with E-state index in [0.29, 0.717) is 43.9 Å². The Labute approximate surface area is 265 Å². The highest BCUT2D eigenvalue weighted by atomic mass is 32.2. The van der Waals surface area contributed by atoms with E-state index in [1.54, 1.807) is 59.3 Å². The first-order valence-electron chi connectivity index (χ1n) is 15.1. The monoisotopic (exact) mass is 654 g/mol. The number of halogens is 4. The number of alkyl halides is 3. The van der Waals surface area contributed by atoms with Gasteiger partial charge in [0.2, 0.25) is 0 Å². The summed E-state index contributed by atoms with van der Waals surface area (Å²) in [5.74, 6) is -1.05. The topological polar surface area (TPSA) is 75.5 Å². The summed E-state index contributed by atoms with van der Waals surface area (Å²) in [7, 11) is -3.29. The van der Waals surface area contributed by atoms with E-state index in [4.69, 9.17) is 0 Å². The van der Waals surface area contributed by atoms with E-state index in [0.717, 1.165) is 5.56 Å². The molecule has 2 aliphatic heterocycles. The lowest BCUT2D eigenvalue weighted by molar-refractivity contribution is -0.186.